The first-order chi connectivity index (χ1) is 7.98. The van der Waals surface area contributed by atoms with E-state index in [9.17, 15) is 8.42 Å². The molecule has 0 unspecified atom stereocenters. The molecule has 0 aromatic heterocycles. The van der Waals surface area contributed by atoms with Crippen molar-refractivity contribution in [1.29, 1.82) is 0 Å². The van der Waals surface area contributed by atoms with Crippen LogP contribution in [0.5, 0.6) is 0 Å². The van der Waals surface area contributed by atoms with E-state index in [-0.39, 0.29) is 17.5 Å². The first-order valence-electron chi connectivity index (χ1n) is 5.80. The van der Waals surface area contributed by atoms with Gasteiger partial charge in [0, 0.05) is 17.4 Å². The Balaban J connectivity index is 2.05. The van der Waals surface area contributed by atoms with Crippen molar-refractivity contribution in [2.45, 2.75) is 25.8 Å². The molecule has 0 saturated carbocycles. The zero-order valence-corrected chi connectivity index (χ0v) is 10.8. The molecule has 0 radical (unpaired) electrons. The summed E-state index contributed by atoms with van der Waals surface area (Å²) in [6.07, 6.45) is 1.35. The van der Waals surface area contributed by atoms with Crippen LogP contribution in [0.15, 0.2) is 18.2 Å². The summed E-state index contributed by atoms with van der Waals surface area (Å²) in [5.41, 5.74) is 8.63. The molecule has 1 aliphatic rings. The van der Waals surface area contributed by atoms with Crippen molar-refractivity contribution in [2.75, 3.05) is 22.6 Å². The van der Waals surface area contributed by atoms with E-state index in [2.05, 4.69) is 5.32 Å². The summed E-state index contributed by atoms with van der Waals surface area (Å²) in [6, 6.07) is 5.99. The van der Waals surface area contributed by atoms with Gasteiger partial charge >= 0.3 is 0 Å². The van der Waals surface area contributed by atoms with Crippen LogP contribution in [0.1, 0.15) is 18.4 Å². The predicted octanol–water partition coefficient (Wildman–Crippen LogP) is 1.57. The van der Waals surface area contributed by atoms with E-state index in [1.807, 2.05) is 25.1 Å². The van der Waals surface area contributed by atoms with E-state index in [4.69, 9.17) is 5.73 Å². The lowest BCUT2D eigenvalue weighted by molar-refractivity contribution is 0.559. The van der Waals surface area contributed by atoms with E-state index in [0.29, 0.717) is 12.8 Å². The number of nitrogen functional groups attached to an aromatic ring is 1. The Morgan fingerprint density at radius 1 is 1.29 bits per heavy atom. The zero-order valence-electron chi connectivity index (χ0n) is 9.94. The largest absolute Gasteiger partial charge is 0.398 e. The van der Waals surface area contributed by atoms with Crippen molar-refractivity contribution in [2.24, 2.45) is 0 Å². The summed E-state index contributed by atoms with van der Waals surface area (Å²) in [7, 11) is -2.79. The topological polar surface area (TPSA) is 72.2 Å². The summed E-state index contributed by atoms with van der Waals surface area (Å²) in [5.74, 6) is 0.568. The van der Waals surface area contributed by atoms with Crippen LogP contribution in [0.3, 0.4) is 0 Å². The predicted molar refractivity (Wildman–Crippen MR) is 70.9 cm³/mol. The van der Waals surface area contributed by atoms with Gasteiger partial charge in [0.1, 0.15) is 9.84 Å². The second-order valence-electron chi connectivity index (χ2n) is 4.59. The highest BCUT2D eigenvalue weighted by Gasteiger charge is 2.23. The summed E-state index contributed by atoms with van der Waals surface area (Å²) >= 11 is 0. The Labute approximate surface area is 102 Å². The SMILES string of the molecule is Cc1c(N)cccc1NC1CCS(=O)(=O)CC1. The smallest absolute Gasteiger partial charge is 0.150 e. The van der Waals surface area contributed by atoms with Crippen LogP contribution < -0.4 is 11.1 Å². The van der Waals surface area contributed by atoms with Gasteiger partial charge in [0.15, 0.2) is 0 Å². The van der Waals surface area contributed by atoms with E-state index in [1.54, 1.807) is 0 Å². The fourth-order valence-electron chi connectivity index (χ4n) is 2.06. The number of hydrogen-bond acceptors (Lipinski definition) is 4. The van der Waals surface area contributed by atoms with Crippen molar-refractivity contribution in [1.82, 2.24) is 0 Å². The van der Waals surface area contributed by atoms with E-state index >= 15 is 0 Å². The first-order valence-corrected chi connectivity index (χ1v) is 7.62. The molecule has 17 heavy (non-hydrogen) atoms. The minimum absolute atomic E-state index is 0.235. The molecule has 0 spiro atoms. The van der Waals surface area contributed by atoms with Crippen LogP contribution >= 0.6 is 0 Å². The number of sulfone groups is 1. The van der Waals surface area contributed by atoms with Gasteiger partial charge in [0.05, 0.1) is 11.5 Å². The molecule has 4 nitrogen and oxygen atoms in total. The minimum atomic E-state index is -2.79. The average molecular weight is 254 g/mol. The maximum atomic E-state index is 11.3. The monoisotopic (exact) mass is 254 g/mol. The number of benzene rings is 1. The minimum Gasteiger partial charge on any atom is -0.398 e. The van der Waals surface area contributed by atoms with Crippen LogP contribution in [0.25, 0.3) is 0 Å². The Morgan fingerprint density at radius 2 is 1.94 bits per heavy atom. The quantitative estimate of drug-likeness (QED) is 0.786. The van der Waals surface area contributed by atoms with Crippen LogP contribution in [0, 0.1) is 6.92 Å². The molecule has 3 N–H and O–H groups in total. The van der Waals surface area contributed by atoms with E-state index < -0.39 is 9.84 Å². The van der Waals surface area contributed by atoms with Crippen molar-refractivity contribution in [3.8, 4) is 0 Å². The molecule has 5 heteroatoms. The fraction of sp³-hybridized carbons (Fsp3) is 0.500. The van der Waals surface area contributed by atoms with Gasteiger partial charge in [0.25, 0.3) is 0 Å². The standard InChI is InChI=1S/C12H18N2O2S/c1-9-11(13)3-2-4-12(9)14-10-5-7-17(15,16)8-6-10/h2-4,10,14H,5-8,13H2,1H3. The van der Waals surface area contributed by atoms with Gasteiger partial charge in [-0.3, -0.25) is 0 Å². The number of hydrogen-bond donors (Lipinski definition) is 2. The van der Waals surface area contributed by atoms with Crippen LogP contribution in [0.2, 0.25) is 0 Å². The highest BCUT2D eigenvalue weighted by atomic mass is 32.2. The maximum Gasteiger partial charge on any atom is 0.150 e. The third kappa shape index (κ3) is 2.91. The van der Waals surface area contributed by atoms with Gasteiger partial charge in [0.2, 0.25) is 0 Å². The molecule has 0 amide bonds. The molecule has 1 aromatic carbocycles. The summed E-state index contributed by atoms with van der Waals surface area (Å²) in [4.78, 5) is 0. The Bertz CT molecular complexity index is 497. The summed E-state index contributed by atoms with van der Waals surface area (Å²) in [6.45, 7) is 1.97. The third-order valence-electron chi connectivity index (χ3n) is 3.29. The highest BCUT2D eigenvalue weighted by Crippen LogP contribution is 2.24. The molecule has 1 saturated heterocycles. The van der Waals surface area contributed by atoms with Gasteiger partial charge in [-0.2, -0.15) is 0 Å². The van der Waals surface area contributed by atoms with E-state index in [1.165, 1.54) is 0 Å². The molecule has 0 bridgehead atoms. The van der Waals surface area contributed by atoms with Crippen molar-refractivity contribution < 1.29 is 8.42 Å². The molecule has 1 heterocycles. The average Bonchev–Trinajstić information content (AvgIpc) is 2.27. The lowest BCUT2D eigenvalue weighted by atomic mass is 10.1. The number of anilines is 2. The highest BCUT2D eigenvalue weighted by molar-refractivity contribution is 7.91. The molecule has 1 aromatic rings. The Kier molecular flexibility index (Phi) is 3.28. The van der Waals surface area contributed by atoms with Gasteiger partial charge in [-0.15, -0.1) is 0 Å². The lowest BCUT2D eigenvalue weighted by Gasteiger charge is -2.25. The first kappa shape index (κ1) is 12.2. The molecular formula is C12H18N2O2S. The molecule has 2 rings (SSSR count). The molecule has 1 aliphatic heterocycles. The van der Waals surface area contributed by atoms with Crippen molar-refractivity contribution in [3.05, 3.63) is 23.8 Å². The zero-order chi connectivity index (χ0) is 12.5. The molecule has 94 valence electrons. The molecule has 0 aliphatic carbocycles. The normalized spacial score (nSPS) is 20.1. The Hall–Kier alpha value is -1.23. The number of nitrogens with two attached hydrogens (primary N) is 1. The maximum absolute atomic E-state index is 11.3. The van der Waals surface area contributed by atoms with Gasteiger partial charge < -0.3 is 11.1 Å². The second kappa shape index (κ2) is 4.56. The summed E-state index contributed by atoms with van der Waals surface area (Å²) in [5, 5.41) is 3.38. The van der Waals surface area contributed by atoms with Crippen molar-refractivity contribution in [3.63, 3.8) is 0 Å². The Morgan fingerprint density at radius 3 is 2.59 bits per heavy atom. The second-order valence-corrected chi connectivity index (χ2v) is 6.89. The van der Waals surface area contributed by atoms with Crippen LogP contribution in [-0.4, -0.2) is 26.0 Å². The molecular weight excluding hydrogens is 236 g/mol. The van der Waals surface area contributed by atoms with Crippen LogP contribution in [0.4, 0.5) is 11.4 Å². The van der Waals surface area contributed by atoms with E-state index in [0.717, 1.165) is 16.9 Å². The molecule has 1 fully saturated rings. The van der Waals surface area contributed by atoms with Gasteiger partial charge in [-0.25, -0.2) is 8.42 Å². The number of rotatable bonds is 2. The van der Waals surface area contributed by atoms with Crippen molar-refractivity contribution >= 4 is 21.2 Å². The third-order valence-corrected chi connectivity index (χ3v) is 5.01. The summed E-state index contributed by atoms with van der Waals surface area (Å²) < 4.78 is 22.6. The number of nitrogens with one attached hydrogen (secondary N) is 1. The molecule has 0 atom stereocenters. The van der Waals surface area contributed by atoms with Gasteiger partial charge in [-0.1, -0.05) is 6.07 Å². The lowest BCUT2D eigenvalue weighted by Crippen LogP contribution is -2.32. The van der Waals surface area contributed by atoms with Gasteiger partial charge in [-0.05, 0) is 37.5 Å². The fourth-order valence-corrected chi connectivity index (χ4v) is 3.56. The van der Waals surface area contributed by atoms with Crippen LogP contribution in [-0.2, 0) is 9.84 Å².